The minimum Gasteiger partial charge on any atom is -0.0616 e. The first-order valence-electron chi connectivity index (χ1n) is 45.8. The van der Waals surface area contributed by atoms with Crippen LogP contribution >= 0.6 is 0 Å². The number of rotatable bonds is 5. The van der Waals surface area contributed by atoms with Crippen LogP contribution in [0.2, 0.25) is 0 Å². The van der Waals surface area contributed by atoms with Crippen molar-refractivity contribution < 1.29 is 65.8 Å². The molecule has 0 heterocycles. The van der Waals surface area contributed by atoms with E-state index in [0.29, 0.717) is 0 Å². The highest BCUT2D eigenvalue weighted by Gasteiger charge is 2.20. The standard InChI is InChI=1S/C40H26.C34H22/c1-2-13-29-25-31(24-23-27(29)11-1)30-15-9-16-32(26-30)39-35-18-5-7-20-37(35)40(38-21-8-6-19-36(38)39)34-22-10-14-28-12-3-4-17-33(28)34;1-3-15-25-23(11-1)13-9-21-27(25)33-29-17-5-7-19-31(29)34(32-20-8-6-18-30(32)33)28-22-10-14-24-12-2-4-16-26(24)28/h1-26H;1-22H/i1D,2D,3D,4D,5D,6D,7D,8D,9D,10D,11D,12D,13D,14D,15D,16D,17D,18D,19D,20D,21D,22D,23D,24D,25D,26D;1D,2D,3D,4D,5D,6D,7D,8D,9D,10D,11D,12D,13D,14D,15D,16D,17D,18D,19D,20D,21D,22D. The van der Waals surface area contributed by atoms with Crippen molar-refractivity contribution in [1.82, 2.24) is 0 Å². The average molecular weight is 985 g/mol. The van der Waals surface area contributed by atoms with Crippen LogP contribution in [0.5, 0.6) is 0 Å². The first-order chi connectivity index (χ1) is 56.7. The first-order valence-corrected chi connectivity index (χ1v) is 21.8. The predicted molar refractivity (Wildman–Crippen MR) is 320 cm³/mol. The summed E-state index contributed by atoms with van der Waals surface area (Å²) in [6, 6.07) is -43.5. The Balaban J connectivity index is 0.000000202. The van der Waals surface area contributed by atoms with Crippen LogP contribution < -0.4 is 0 Å². The monoisotopic (exact) mass is 985 g/mol. The maximum atomic E-state index is 9.70. The lowest BCUT2D eigenvalue weighted by molar-refractivity contribution is 1.63. The second kappa shape index (κ2) is 18.2. The van der Waals surface area contributed by atoms with Gasteiger partial charge in [0.1, 0.15) is 0 Å². The summed E-state index contributed by atoms with van der Waals surface area (Å²) in [6.07, 6.45) is 0. The summed E-state index contributed by atoms with van der Waals surface area (Å²) in [5.74, 6) is 0. The Hall–Kier alpha value is -9.62. The third-order valence-corrected chi connectivity index (χ3v) is 11.8. The molecule has 0 atom stereocenters. The second-order valence-corrected chi connectivity index (χ2v) is 15.8. The van der Waals surface area contributed by atoms with Crippen molar-refractivity contribution in [2.45, 2.75) is 0 Å². The molecule has 0 aliphatic rings. The van der Waals surface area contributed by atoms with Crippen molar-refractivity contribution in [3.8, 4) is 55.6 Å². The third-order valence-electron chi connectivity index (χ3n) is 11.8. The molecule has 344 valence electrons. The zero-order valence-electron chi connectivity index (χ0n) is 85.0. The van der Waals surface area contributed by atoms with Gasteiger partial charge in [-0.15, -0.1) is 0 Å². The van der Waals surface area contributed by atoms with E-state index in [1.54, 1.807) is 0 Å². The highest BCUT2D eigenvalue weighted by molar-refractivity contribution is 6.26. The molecular formula is C74H48. The fourth-order valence-corrected chi connectivity index (χ4v) is 8.75. The summed E-state index contributed by atoms with van der Waals surface area (Å²) in [6.45, 7) is 0. The van der Waals surface area contributed by atoms with Gasteiger partial charge in [0, 0.05) is 0 Å². The molecule has 0 aliphatic heterocycles. The topological polar surface area (TPSA) is 0 Å². The summed E-state index contributed by atoms with van der Waals surface area (Å²) in [7, 11) is 0. The normalized spacial score (nSPS) is 20.6. The van der Waals surface area contributed by atoms with Gasteiger partial charge in [-0.1, -0.05) is 278 Å². The zero-order chi connectivity index (χ0) is 90.7. The Morgan fingerprint density at radius 3 is 0.824 bits per heavy atom. The largest absolute Gasteiger partial charge is 0.0636 e. The van der Waals surface area contributed by atoms with Gasteiger partial charge in [0.2, 0.25) is 0 Å². The fourth-order valence-electron chi connectivity index (χ4n) is 8.75. The quantitative estimate of drug-likeness (QED) is 0.151. The SMILES string of the molecule is [2H]c1c([2H])c(-c2c([2H])c([2H])c3c([2H])c([2H])c([2H])c([2H])c3c2[2H])c([2H])c(-c2c3c([2H])c([2H])c([2H])c([2H])c3c(-c3c([2H])c([2H])c([2H])c4c([2H])c([2H])c([2H])c([2H])c34)c3c([2H])c([2H])c([2H])c([2H])c23)c1[2H].[2H]c1c([2H])c([2H])c2c(-c3c4c([2H])c([2H])c([2H])c([2H])c4c(-c4c([2H])c([2H])c([2H])c5c([2H])c([2H])c([2H])c([2H])c45)c4c([2H])c([2H])c([2H])c([2H])c34)c([2H])c([2H])c([2H])c2c1[2H]. The maximum Gasteiger partial charge on any atom is 0.0636 e. The molecule has 0 spiro atoms. The lowest BCUT2D eigenvalue weighted by Crippen LogP contribution is -1.92. The van der Waals surface area contributed by atoms with E-state index in [9.17, 15) is 16.4 Å². The molecule has 15 rings (SSSR count). The van der Waals surface area contributed by atoms with E-state index in [-0.39, 0.29) is 0 Å². The third kappa shape index (κ3) is 7.30. The minimum absolute atomic E-state index is 0.554. The van der Waals surface area contributed by atoms with Gasteiger partial charge in [0.15, 0.2) is 0 Å². The number of hydrogen-bond acceptors (Lipinski definition) is 0. The molecule has 0 N–H and O–H groups in total. The van der Waals surface area contributed by atoms with E-state index in [1.807, 2.05) is 0 Å². The Morgan fingerprint density at radius 2 is 0.432 bits per heavy atom. The molecule has 0 aromatic heterocycles. The van der Waals surface area contributed by atoms with Crippen LogP contribution in [-0.4, -0.2) is 0 Å². The summed E-state index contributed by atoms with van der Waals surface area (Å²) in [5.41, 5.74) is -7.22. The van der Waals surface area contributed by atoms with Gasteiger partial charge in [-0.3, -0.25) is 0 Å². The molecule has 0 aliphatic carbocycles. The molecular weight excluding hydrogens is 889 g/mol. The van der Waals surface area contributed by atoms with Crippen molar-refractivity contribution in [3.63, 3.8) is 0 Å². The summed E-state index contributed by atoms with van der Waals surface area (Å²) in [4.78, 5) is 0. The molecule has 0 saturated carbocycles. The molecule has 0 saturated heterocycles. The molecule has 0 bridgehead atoms. The number of hydrogen-bond donors (Lipinski definition) is 0. The maximum absolute atomic E-state index is 9.70. The van der Waals surface area contributed by atoms with E-state index in [0.717, 1.165) is 0 Å². The van der Waals surface area contributed by atoms with E-state index >= 15 is 0 Å². The van der Waals surface area contributed by atoms with Gasteiger partial charge in [-0.2, -0.15) is 0 Å². The smallest absolute Gasteiger partial charge is 0.0616 e. The minimum atomic E-state index is -1.07. The van der Waals surface area contributed by atoms with Crippen LogP contribution in [0.1, 0.15) is 65.8 Å². The molecule has 0 heteroatoms. The Labute approximate surface area is 498 Å². The Morgan fingerprint density at radius 1 is 0.162 bits per heavy atom. The molecule has 15 aromatic carbocycles. The van der Waals surface area contributed by atoms with E-state index in [2.05, 4.69) is 0 Å². The van der Waals surface area contributed by atoms with E-state index < -0.39 is 432 Å². The lowest BCUT2D eigenvalue weighted by atomic mass is 9.84. The molecule has 0 nitrogen and oxygen atoms in total. The van der Waals surface area contributed by atoms with Crippen LogP contribution in [0.15, 0.2) is 290 Å². The van der Waals surface area contributed by atoms with Crippen LogP contribution in [-0.2, 0) is 0 Å². The number of benzene rings is 15. The van der Waals surface area contributed by atoms with Gasteiger partial charge in [-0.25, -0.2) is 0 Å². The predicted octanol–water partition coefficient (Wildman–Crippen LogP) is 20.9. The van der Waals surface area contributed by atoms with Crippen LogP contribution in [0.4, 0.5) is 0 Å². The van der Waals surface area contributed by atoms with Crippen molar-refractivity contribution in [2.75, 3.05) is 0 Å². The molecule has 15 aromatic rings. The van der Waals surface area contributed by atoms with Gasteiger partial charge in [-0.05, 0) is 154 Å². The van der Waals surface area contributed by atoms with Crippen LogP contribution in [0, 0.1) is 0 Å². The molecule has 0 radical (unpaired) electrons. The first kappa shape index (κ1) is 16.5. The van der Waals surface area contributed by atoms with Crippen molar-refractivity contribution >= 4 is 86.2 Å². The highest BCUT2D eigenvalue weighted by atomic mass is 14.2. The summed E-state index contributed by atoms with van der Waals surface area (Å²) < 4.78 is 424. The lowest BCUT2D eigenvalue weighted by Gasteiger charge is -2.19. The van der Waals surface area contributed by atoms with Gasteiger partial charge < -0.3 is 0 Å². The molecule has 74 heavy (non-hydrogen) atoms. The van der Waals surface area contributed by atoms with Crippen LogP contribution in [0.25, 0.3) is 142 Å². The van der Waals surface area contributed by atoms with Gasteiger partial charge in [0.05, 0.1) is 65.8 Å². The van der Waals surface area contributed by atoms with Gasteiger partial charge >= 0.3 is 0 Å². The Bertz CT molecular complexity index is 7180. The summed E-state index contributed by atoms with van der Waals surface area (Å²) >= 11 is 0. The molecule has 0 unspecified atom stereocenters. The second-order valence-electron chi connectivity index (χ2n) is 15.8. The van der Waals surface area contributed by atoms with Crippen molar-refractivity contribution in [1.29, 1.82) is 0 Å². The van der Waals surface area contributed by atoms with E-state index in [1.165, 1.54) is 0 Å². The highest BCUT2D eigenvalue weighted by Crippen LogP contribution is 2.48. The number of fused-ring (bicyclic) bond motifs is 8. The fraction of sp³-hybridized carbons (Fsp3) is 0. The average Bonchev–Trinajstić information content (AvgIpc) is 0.682. The molecule has 0 fully saturated rings. The van der Waals surface area contributed by atoms with E-state index in [4.69, 9.17) is 49.3 Å². The Kier molecular flexibility index (Phi) is 4.05. The van der Waals surface area contributed by atoms with Crippen molar-refractivity contribution in [2.24, 2.45) is 0 Å². The molecule has 0 amide bonds. The van der Waals surface area contributed by atoms with Crippen molar-refractivity contribution in [3.05, 3.63) is 290 Å². The summed E-state index contributed by atoms with van der Waals surface area (Å²) in [5, 5.41) is -10.2. The zero-order valence-corrected chi connectivity index (χ0v) is 37.0. The van der Waals surface area contributed by atoms with Gasteiger partial charge in [0.25, 0.3) is 0 Å². The van der Waals surface area contributed by atoms with Crippen LogP contribution in [0.3, 0.4) is 0 Å².